The average molecular weight is 270 g/mol. The van der Waals surface area contributed by atoms with Crippen molar-refractivity contribution in [1.29, 1.82) is 0 Å². The molecule has 1 heterocycles. The first-order chi connectivity index (χ1) is 9.35. The van der Waals surface area contributed by atoms with E-state index in [1.807, 2.05) is 0 Å². The summed E-state index contributed by atoms with van der Waals surface area (Å²) in [6.07, 6.45) is 2.25. The Morgan fingerprint density at radius 3 is 2.40 bits per heavy atom. The van der Waals surface area contributed by atoms with E-state index in [2.05, 4.69) is 75.1 Å². The van der Waals surface area contributed by atoms with E-state index in [1.54, 1.807) is 0 Å². The summed E-state index contributed by atoms with van der Waals surface area (Å²) in [7, 11) is 2.12. The maximum Gasteiger partial charge on any atom is 0.0481 e. The summed E-state index contributed by atoms with van der Waals surface area (Å²) < 4.78 is 2.22. The van der Waals surface area contributed by atoms with Gasteiger partial charge in [0.15, 0.2) is 0 Å². The SMILES string of the molecule is Cn1cc(CNCC2C(C)(C)C2(C)C)c2ccccc21. The molecule has 2 heteroatoms. The van der Waals surface area contributed by atoms with Crippen molar-refractivity contribution in [2.45, 2.75) is 34.2 Å². The third-order valence-electron chi connectivity index (χ3n) is 5.96. The maximum absolute atomic E-state index is 3.67. The molecule has 0 spiro atoms. The molecule has 0 radical (unpaired) electrons. The Balaban J connectivity index is 1.67. The fourth-order valence-electron chi connectivity index (χ4n) is 3.76. The van der Waals surface area contributed by atoms with Gasteiger partial charge in [0.2, 0.25) is 0 Å². The molecule has 1 aliphatic rings. The van der Waals surface area contributed by atoms with Crippen LogP contribution in [0.25, 0.3) is 10.9 Å². The van der Waals surface area contributed by atoms with Gasteiger partial charge in [0, 0.05) is 30.7 Å². The molecule has 3 rings (SSSR count). The van der Waals surface area contributed by atoms with Crippen LogP contribution in [-0.4, -0.2) is 11.1 Å². The van der Waals surface area contributed by atoms with Gasteiger partial charge in [0.25, 0.3) is 0 Å². The van der Waals surface area contributed by atoms with Crippen LogP contribution < -0.4 is 5.32 Å². The van der Waals surface area contributed by atoms with Crippen LogP contribution in [0, 0.1) is 16.7 Å². The summed E-state index contributed by atoms with van der Waals surface area (Å²) in [6.45, 7) is 11.6. The standard InChI is InChI=1S/C18H26N2/c1-17(2)16(18(17,3)4)11-19-10-13-12-20(5)15-9-7-6-8-14(13)15/h6-9,12,16,19H,10-11H2,1-5H3. The second kappa shape index (κ2) is 4.36. The Bertz CT molecular complexity index is 620. The number of nitrogens with zero attached hydrogens (tertiary/aromatic N) is 1. The smallest absolute Gasteiger partial charge is 0.0481 e. The lowest BCUT2D eigenvalue weighted by atomic mass is 10.0. The first kappa shape index (κ1) is 13.7. The van der Waals surface area contributed by atoms with Crippen LogP contribution in [0.15, 0.2) is 30.5 Å². The van der Waals surface area contributed by atoms with Crippen LogP contribution in [-0.2, 0) is 13.6 Å². The van der Waals surface area contributed by atoms with Crippen LogP contribution in [0.1, 0.15) is 33.3 Å². The Morgan fingerprint density at radius 2 is 1.75 bits per heavy atom. The molecule has 2 nitrogen and oxygen atoms in total. The van der Waals surface area contributed by atoms with E-state index in [4.69, 9.17) is 0 Å². The molecule has 0 saturated heterocycles. The summed E-state index contributed by atoms with van der Waals surface area (Å²) in [5.74, 6) is 0.782. The van der Waals surface area contributed by atoms with Gasteiger partial charge in [-0.15, -0.1) is 0 Å². The van der Waals surface area contributed by atoms with Crippen LogP contribution in [0.5, 0.6) is 0 Å². The van der Waals surface area contributed by atoms with Crippen LogP contribution in [0.4, 0.5) is 0 Å². The Morgan fingerprint density at radius 1 is 1.10 bits per heavy atom. The molecule has 0 unspecified atom stereocenters. The highest BCUT2D eigenvalue weighted by atomic mass is 14.9. The summed E-state index contributed by atoms with van der Waals surface area (Å²) in [6, 6.07) is 8.64. The molecule has 0 amide bonds. The lowest BCUT2D eigenvalue weighted by molar-refractivity contribution is 0.457. The number of benzene rings is 1. The van der Waals surface area contributed by atoms with Crippen molar-refractivity contribution < 1.29 is 0 Å². The topological polar surface area (TPSA) is 17.0 Å². The number of fused-ring (bicyclic) bond motifs is 1. The summed E-state index contributed by atoms with van der Waals surface area (Å²) in [5, 5.41) is 5.04. The van der Waals surface area contributed by atoms with Crippen molar-refractivity contribution in [1.82, 2.24) is 9.88 Å². The van der Waals surface area contributed by atoms with Crippen LogP contribution >= 0.6 is 0 Å². The van der Waals surface area contributed by atoms with Crippen LogP contribution in [0.2, 0.25) is 0 Å². The van der Waals surface area contributed by atoms with E-state index in [1.165, 1.54) is 16.5 Å². The highest BCUT2D eigenvalue weighted by Crippen LogP contribution is 2.67. The highest BCUT2D eigenvalue weighted by Gasteiger charge is 2.63. The van der Waals surface area contributed by atoms with Gasteiger partial charge in [0.1, 0.15) is 0 Å². The summed E-state index contributed by atoms with van der Waals surface area (Å²) in [5.41, 5.74) is 3.66. The molecule has 108 valence electrons. The second-order valence-corrected chi connectivity index (χ2v) is 7.41. The Labute approximate surface area is 122 Å². The number of aromatic nitrogens is 1. The van der Waals surface area contributed by atoms with E-state index in [9.17, 15) is 0 Å². The highest BCUT2D eigenvalue weighted by molar-refractivity contribution is 5.83. The van der Waals surface area contributed by atoms with Crippen LogP contribution in [0.3, 0.4) is 0 Å². The fourth-order valence-corrected chi connectivity index (χ4v) is 3.76. The van der Waals surface area contributed by atoms with E-state index >= 15 is 0 Å². The van der Waals surface area contributed by atoms with E-state index < -0.39 is 0 Å². The zero-order chi connectivity index (χ0) is 14.5. The minimum absolute atomic E-state index is 0.471. The van der Waals surface area contributed by atoms with Gasteiger partial charge in [-0.3, -0.25) is 0 Å². The summed E-state index contributed by atoms with van der Waals surface area (Å²) in [4.78, 5) is 0. The first-order valence-electron chi connectivity index (χ1n) is 7.59. The maximum atomic E-state index is 3.67. The van der Waals surface area contributed by atoms with Gasteiger partial charge in [0.05, 0.1) is 0 Å². The van der Waals surface area contributed by atoms with Gasteiger partial charge < -0.3 is 9.88 Å². The van der Waals surface area contributed by atoms with Gasteiger partial charge in [-0.2, -0.15) is 0 Å². The van der Waals surface area contributed by atoms with Crippen molar-refractivity contribution in [3.63, 3.8) is 0 Å². The molecule has 0 atom stereocenters. The van der Waals surface area contributed by atoms with Crippen molar-refractivity contribution in [3.05, 3.63) is 36.0 Å². The third kappa shape index (κ3) is 1.89. The lowest BCUT2D eigenvalue weighted by Crippen LogP contribution is -2.18. The lowest BCUT2D eigenvalue weighted by Gasteiger charge is -2.05. The number of aryl methyl sites for hydroxylation is 1. The molecule has 1 N–H and O–H groups in total. The summed E-state index contributed by atoms with van der Waals surface area (Å²) >= 11 is 0. The first-order valence-corrected chi connectivity index (χ1v) is 7.59. The predicted octanol–water partition coefficient (Wildman–Crippen LogP) is 3.95. The number of rotatable bonds is 4. The average Bonchev–Trinajstić information content (AvgIpc) is 2.68. The fraction of sp³-hybridized carbons (Fsp3) is 0.556. The van der Waals surface area contributed by atoms with E-state index in [-0.39, 0.29) is 0 Å². The normalized spacial score (nSPS) is 20.4. The second-order valence-electron chi connectivity index (χ2n) is 7.41. The minimum Gasteiger partial charge on any atom is -0.350 e. The zero-order valence-electron chi connectivity index (χ0n) is 13.3. The van der Waals surface area contributed by atoms with Gasteiger partial charge in [-0.1, -0.05) is 45.9 Å². The van der Waals surface area contributed by atoms with E-state index in [0.717, 1.165) is 19.0 Å². The van der Waals surface area contributed by atoms with Gasteiger partial charge in [-0.25, -0.2) is 0 Å². The van der Waals surface area contributed by atoms with E-state index in [0.29, 0.717) is 10.8 Å². The van der Waals surface area contributed by atoms with Crippen molar-refractivity contribution in [2.75, 3.05) is 6.54 Å². The molecule has 20 heavy (non-hydrogen) atoms. The number of hydrogen-bond acceptors (Lipinski definition) is 1. The number of para-hydroxylation sites is 1. The molecule has 1 aromatic heterocycles. The number of hydrogen-bond donors (Lipinski definition) is 1. The van der Waals surface area contributed by atoms with Crippen molar-refractivity contribution in [2.24, 2.45) is 23.8 Å². The molecule has 1 aliphatic carbocycles. The van der Waals surface area contributed by atoms with Gasteiger partial charge >= 0.3 is 0 Å². The zero-order valence-corrected chi connectivity index (χ0v) is 13.3. The quantitative estimate of drug-likeness (QED) is 0.890. The molecular formula is C18H26N2. The Kier molecular flexibility index (Phi) is 2.98. The molecule has 1 aromatic carbocycles. The molecular weight excluding hydrogens is 244 g/mol. The van der Waals surface area contributed by atoms with Crippen molar-refractivity contribution in [3.8, 4) is 0 Å². The molecule has 2 aromatic rings. The predicted molar refractivity (Wildman–Crippen MR) is 85.7 cm³/mol. The third-order valence-corrected chi connectivity index (χ3v) is 5.96. The minimum atomic E-state index is 0.471. The molecule has 1 saturated carbocycles. The molecule has 0 aliphatic heterocycles. The van der Waals surface area contributed by atoms with Gasteiger partial charge in [-0.05, 0) is 34.9 Å². The number of nitrogens with one attached hydrogen (secondary N) is 1. The van der Waals surface area contributed by atoms with Crippen molar-refractivity contribution >= 4 is 10.9 Å². The monoisotopic (exact) mass is 270 g/mol. The molecule has 0 bridgehead atoms. The molecule has 1 fully saturated rings. The Hall–Kier alpha value is -1.28. The largest absolute Gasteiger partial charge is 0.350 e.